The van der Waals surface area contributed by atoms with Gasteiger partial charge in [0.2, 0.25) is 11.7 Å². The quantitative estimate of drug-likeness (QED) is 0.0306. The van der Waals surface area contributed by atoms with Crippen LogP contribution in [0.5, 0.6) is 11.5 Å². The second kappa shape index (κ2) is 28.9. The monoisotopic (exact) mass is 952 g/mol. The largest absolute Gasteiger partial charge is 0.487 e. The lowest BCUT2D eigenvalue weighted by Gasteiger charge is -2.60. The number of oxime groups is 1. The second-order valence-electron chi connectivity index (χ2n) is 19.1. The molecule has 1 fully saturated rings. The molecule has 69 heavy (non-hydrogen) atoms. The average Bonchev–Trinajstić information content (AvgIpc) is 3.36. The number of nitrogens with zero attached hydrogens (tertiary/aromatic N) is 3. The van der Waals surface area contributed by atoms with E-state index in [0.717, 1.165) is 78.7 Å². The van der Waals surface area contributed by atoms with E-state index < -0.39 is 17.7 Å². The average molecular weight is 952 g/mol. The number of fused-ring (bicyclic) bond motifs is 2. The Morgan fingerprint density at radius 1 is 0.870 bits per heavy atom. The fraction of sp³-hybridized carbons (Fsp3) is 0.596. The van der Waals surface area contributed by atoms with Crippen LogP contribution in [0.3, 0.4) is 0 Å². The number of carbonyl (C=O) groups excluding carboxylic acids is 1. The minimum Gasteiger partial charge on any atom is -0.487 e. The first-order valence-corrected chi connectivity index (χ1v) is 26.1. The van der Waals surface area contributed by atoms with E-state index in [-0.39, 0.29) is 76.5 Å². The number of rotatable bonds is 33. The van der Waals surface area contributed by atoms with Crippen LogP contribution in [-0.4, -0.2) is 94.8 Å². The van der Waals surface area contributed by atoms with Gasteiger partial charge in [-0.2, -0.15) is 0 Å². The van der Waals surface area contributed by atoms with Gasteiger partial charge in [0, 0.05) is 49.8 Å². The zero-order chi connectivity index (χ0) is 48.7. The molecule has 1 saturated carbocycles. The van der Waals surface area contributed by atoms with E-state index in [1.54, 1.807) is 6.08 Å². The maximum absolute atomic E-state index is 15.0. The maximum atomic E-state index is 15.0. The highest BCUT2D eigenvalue weighted by Gasteiger charge is 2.65. The van der Waals surface area contributed by atoms with Crippen LogP contribution in [0.15, 0.2) is 96.2 Å². The molecule has 0 bridgehead atoms. The fourth-order valence-electron chi connectivity index (χ4n) is 10.8. The minimum atomic E-state index is -1.39. The Morgan fingerprint density at radius 2 is 1.62 bits per heavy atom. The van der Waals surface area contributed by atoms with E-state index in [1.165, 1.54) is 38.5 Å². The molecular formula is C57H81N3O9. The van der Waals surface area contributed by atoms with Crippen molar-refractivity contribution in [1.82, 2.24) is 9.88 Å². The molecule has 378 valence electrons. The maximum Gasteiger partial charge on any atom is 0.239 e. The number of aryl methyl sites for hydroxylation is 1. The highest BCUT2D eigenvalue weighted by atomic mass is 16.7. The predicted molar refractivity (Wildman–Crippen MR) is 271 cm³/mol. The number of hydrogen-bond acceptors (Lipinski definition) is 11. The summed E-state index contributed by atoms with van der Waals surface area (Å²) < 4.78 is 27.1. The van der Waals surface area contributed by atoms with E-state index in [0.29, 0.717) is 43.8 Å². The Balaban J connectivity index is 1.47. The molecule has 2 heterocycles. The van der Waals surface area contributed by atoms with Crippen LogP contribution in [0, 0.1) is 24.7 Å². The molecule has 6 atom stereocenters. The van der Waals surface area contributed by atoms with Gasteiger partial charge < -0.3 is 44.0 Å². The van der Waals surface area contributed by atoms with Gasteiger partial charge in [0.25, 0.3) is 0 Å². The van der Waals surface area contributed by atoms with Crippen LogP contribution in [0.1, 0.15) is 145 Å². The first kappa shape index (κ1) is 53.8. The lowest BCUT2D eigenvalue weighted by Crippen LogP contribution is -2.70. The minimum absolute atomic E-state index is 0.00857. The van der Waals surface area contributed by atoms with Crippen LogP contribution in [0.2, 0.25) is 0 Å². The van der Waals surface area contributed by atoms with Gasteiger partial charge in [0.05, 0.1) is 43.8 Å². The Bertz CT molecular complexity index is 2060. The molecule has 2 aromatic carbocycles. The van der Waals surface area contributed by atoms with Crippen molar-refractivity contribution in [1.29, 1.82) is 0 Å². The highest BCUT2D eigenvalue weighted by Crippen LogP contribution is 2.62. The topological polar surface area (TPSA) is 152 Å². The number of aromatic nitrogens is 1. The van der Waals surface area contributed by atoms with Crippen molar-refractivity contribution in [2.75, 3.05) is 46.2 Å². The second-order valence-corrected chi connectivity index (χ2v) is 19.1. The van der Waals surface area contributed by atoms with Crippen LogP contribution >= 0.6 is 0 Å². The molecule has 3 aromatic rings. The zero-order valence-corrected chi connectivity index (χ0v) is 41.6. The standard InChI is InChI=1S/C57H81N3O9/c1-4-6-7-8-9-10-11-12-16-28-54(64)60(31-36-65-37-34-63)53-40-51(59-68-41-44-23-14-13-15-24-44)49-38-45(25-17-19-32-61)48(27-18-20-33-62)55-50-39-47(66-42-46-26-21-22-43(3)58-46)29-30-52(50)69-57(53,56(49)55)67-35-5-2/h5,13-15,21-24,26,29-30,38-39,45,48,53,55-56,61-63H,2,4,6-12,16-20,25,27-28,31-37,40-42H2,1,3H3/t45-,48+,53-,55+,56+,57+/m0/s1. The smallest absolute Gasteiger partial charge is 0.239 e. The highest BCUT2D eigenvalue weighted by molar-refractivity contribution is 6.03. The molecule has 3 aliphatic rings. The van der Waals surface area contributed by atoms with Crippen molar-refractivity contribution in [2.24, 2.45) is 22.9 Å². The van der Waals surface area contributed by atoms with Crippen LogP contribution < -0.4 is 9.47 Å². The van der Waals surface area contributed by atoms with E-state index in [9.17, 15) is 15.3 Å². The Hall–Kier alpha value is -4.59. The molecule has 1 aliphatic heterocycles. The van der Waals surface area contributed by atoms with Gasteiger partial charge >= 0.3 is 0 Å². The van der Waals surface area contributed by atoms with Gasteiger partial charge in [-0.3, -0.25) is 9.78 Å². The third kappa shape index (κ3) is 15.0. The summed E-state index contributed by atoms with van der Waals surface area (Å²) in [6, 6.07) is 21.3. The van der Waals surface area contributed by atoms with Crippen molar-refractivity contribution >= 4 is 11.6 Å². The SMILES string of the molecule is C=CCO[C@@]12Oc3ccc(OCc4cccc(C)n4)cc3[C@H]3[C@H](CCCCO)[C@@H](CCCCO)C=C(C(=NOCc4ccccc4)C[C@@H]1N(CCOCCO)C(=O)CCCCCCCCCCC)[C@H]32. The van der Waals surface area contributed by atoms with Crippen molar-refractivity contribution in [2.45, 2.75) is 154 Å². The van der Waals surface area contributed by atoms with E-state index in [2.05, 4.69) is 30.6 Å². The number of aliphatic hydroxyl groups is 3. The molecule has 0 radical (unpaired) electrons. The summed E-state index contributed by atoms with van der Waals surface area (Å²) in [5.74, 6) is -0.541. The van der Waals surface area contributed by atoms with Gasteiger partial charge in [-0.1, -0.05) is 125 Å². The van der Waals surface area contributed by atoms with Crippen molar-refractivity contribution in [3.8, 4) is 11.5 Å². The summed E-state index contributed by atoms with van der Waals surface area (Å²) in [4.78, 5) is 27.9. The lowest BCUT2D eigenvalue weighted by molar-refractivity contribution is -0.258. The van der Waals surface area contributed by atoms with E-state index >= 15 is 4.79 Å². The Kier molecular flexibility index (Phi) is 22.5. The van der Waals surface area contributed by atoms with Crippen LogP contribution in [0.4, 0.5) is 0 Å². The molecule has 1 amide bonds. The number of benzene rings is 2. The summed E-state index contributed by atoms with van der Waals surface area (Å²) in [5, 5.41) is 34.8. The van der Waals surface area contributed by atoms with Crippen molar-refractivity contribution in [3.05, 3.63) is 114 Å². The fourth-order valence-corrected chi connectivity index (χ4v) is 10.8. The molecule has 0 saturated heterocycles. The molecule has 6 rings (SSSR count). The third-order valence-corrected chi connectivity index (χ3v) is 14.1. The number of ether oxygens (including phenoxy) is 4. The number of aliphatic hydroxyl groups excluding tert-OH is 3. The molecule has 0 unspecified atom stereocenters. The summed E-state index contributed by atoms with van der Waals surface area (Å²) >= 11 is 0. The number of amides is 1. The number of allylic oxidation sites excluding steroid dienone is 1. The molecule has 1 aromatic heterocycles. The van der Waals surface area contributed by atoms with Gasteiger partial charge in [-0.25, -0.2) is 0 Å². The van der Waals surface area contributed by atoms with Crippen LogP contribution in [0.25, 0.3) is 0 Å². The van der Waals surface area contributed by atoms with E-state index in [1.807, 2.05) is 72.5 Å². The molecule has 2 aliphatic carbocycles. The van der Waals surface area contributed by atoms with Gasteiger partial charge in [0.15, 0.2) is 0 Å². The summed E-state index contributed by atoms with van der Waals surface area (Å²) in [6.45, 7) is 9.75. The summed E-state index contributed by atoms with van der Waals surface area (Å²) in [6.07, 6.45) is 19.7. The lowest BCUT2D eigenvalue weighted by atomic mass is 9.55. The van der Waals surface area contributed by atoms with Crippen molar-refractivity contribution in [3.63, 3.8) is 0 Å². The number of unbranched alkanes of at least 4 members (excludes halogenated alkanes) is 10. The third-order valence-electron chi connectivity index (χ3n) is 14.1. The first-order valence-electron chi connectivity index (χ1n) is 26.1. The zero-order valence-electron chi connectivity index (χ0n) is 41.6. The van der Waals surface area contributed by atoms with E-state index in [4.69, 9.17) is 28.9 Å². The Labute approximate surface area is 412 Å². The van der Waals surface area contributed by atoms with Gasteiger partial charge in [-0.05, 0) is 92.3 Å². The predicted octanol–water partition coefficient (Wildman–Crippen LogP) is 10.6. The first-order chi connectivity index (χ1) is 33.9. The van der Waals surface area contributed by atoms with Crippen molar-refractivity contribution < 1.29 is 43.9 Å². The number of carbonyl (C=O) groups is 1. The summed E-state index contributed by atoms with van der Waals surface area (Å²) in [5.41, 5.74) is 5.44. The molecular weight excluding hydrogens is 871 g/mol. The van der Waals surface area contributed by atoms with Gasteiger partial charge in [0.1, 0.15) is 30.8 Å². The van der Waals surface area contributed by atoms with Crippen LogP contribution in [-0.2, 0) is 32.3 Å². The number of hydrogen-bond donors (Lipinski definition) is 3. The molecule has 0 spiro atoms. The Morgan fingerprint density at radius 3 is 2.35 bits per heavy atom. The normalized spacial score (nSPS) is 22.0. The molecule has 12 nitrogen and oxygen atoms in total. The molecule has 3 N–H and O–H groups in total. The van der Waals surface area contributed by atoms with Gasteiger partial charge in [-0.15, -0.1) is 6.58 Å². The molecule has 12 heteroatoms. The summed E-state index contributed by atoms with van der Waals surface area (Å²) in [7, 11) is 0. The number of pyridine rings is 1.